The van der Waals surface area contributed by atoms with E-state index in [0.29, 0.717) is 17.4 Å². The number of amides is 1. The van der Waals surface area contributed by atoms with Gasteiger partial charge in [-0.25, -0.2) is 0 Å². The summed E-state index contributed by atoms with van der Waals surface area (Å²) in [7, 11) is 1.66. The smallest absolute Gasteiger partial charge is 0.222 e. The zero-order chi connectivity index (χ0) is 25.2. The highest BCUT2D eigenvalue weighted by Crippen LogP contribution is 2.35. The first-order valence-electron chi connectivity index (χ1n) is 11.8. The first-order chi connectivity index (χ1) is 17.5. The van der Waals surface area contributed by atoms with E-state index in [4.69, 9.17) is 21.3 Å². The molecule has 1 aromatic heterocycles. The number of hydrogen-bond donors (Lipinski definition) is 1. The Morgan fingerprint density at radius 1 is 1.03 bits per heavy atom. The van der Waals surface area contributed by atoms with Gasteiger partial charge < -0.3 is 10.1 Å². The van der Waals surface area contributed by atoms with Gasteiger partial charge in [0.2, 0.25) is 5.91 Å². The largest absolute Gasteiger partial charge is 0.497 e. The minimum absolute atomic E-state index is 0.0862. The Morgan fingerprint density at radius 2 is 1.78 bits per heavy atom. The molecule has 4 aromatic rings. The summed E-state index contributed by atoms with van der Waals surface area (Å²) in [5.74, 6) is 2.07. The van der Waals surface area contributed by atoms with Crippen LogP contribution in [0.5, 0.6) is 5.75 Å². The number of fused-ring (bicyclic) bond motifs is 3. The molecule has 0 radical (unpaired) electrons. The van der Waals surface area contributed by atoms with E-state index in [2.05, 4.69) is 33.7 Å². The molecule has 1 atom stereocenters. The third kappa shape index (κ3) is 4.50. The topological polar surface area (TPSA) is 81.4 Å². The third-order valence-corrected chi connectivity index (χ3v) is 6.45. The molecule has 7 nitrogen and oxygen atoms in total. The number of nitrogens with zero attached hydrogens (tertiary/aromatic N) is 4. The molecule has 2 heterocycles. The Hall–Kier alpha value is -3.97. The maximum atomic E-state index is 12.6. The fraction of sp³-hybridized carbons (Fsp3) is 0.214. The van der Waals surface area contributed by atoms with Gasteiger partial charge in [0.05, 0.1) is 24.9 Å². The number of benzene rings is 3. The minimum atomic E-state index is -0.504. The van der Waals surface area contributed by atoms with Gasteiger partial charge in [0.15, 0.2) is 5.82 Å². The van der Waals surface area contributed by atoms with Crippen LogP contribution in [0.2, 0.25) is 5.02 Å². The lowest BCUT2D eigenvalue weighted by atomic mass is 9.95. The highest BCUT2D eigenvalue weighted by atomic mass is 35.5. The van der Waals surface area contributed by atoms with Crippen LogP contribution in [0.15, 0.2) is 71.7 Å². The molecule has 8 heteroatoms. The maximum absolute atomic E-state index is 12.6. The summed E-state index contributed by atoms with van der Waals surface area (Å²) in [4.78, 5) is 17.8. The molecule has 0 saturated heterocycles. The maximum Gasteiger partial charge on any atom is 0.222 e. The van der Waals surface area contributed by atoms with Crippen molar-refractivity contribution < 1.29 is 9.53 Å². The molecule has 1 aliphatic rings. The molecule has 0 aliphatic carbocycles. The van der Waals surface area contributed by atoms with Crippen molar-refractivity contribution in [2.75, 3.05) is 13.7 Å². The Labute approximate surface area is 214 Å². The van der Waals surface area contributed by atoms with Crippen molar-refractivity contribution in [2.45, 2.75) is 26.3 Å². The summed E-state index contributed by atoms with van der Waals surface area (Å²) < 4.78 is 7.44. The average Bonchev–Trinajstić information content (AvgIpc) is 3.21. The second-order valence-electron chi connectivity index (χ2n) is 8.56. The van der Waals surface area contributed by atoms with Gasteiger partial charge in [0.1, 0.15) is 17.6 Å². The van der Waals surface area contributed by atoms with Gasteiger partial charge in [-0.3, -0.25) is 14.4 Å². The second-order valence-corrected chi connectivity index (χ2v) is 9.00. The molecule has 182 valence electrons. The van der Waals surface area contributed by atoms with Crippen molar-refractivity contribution in [3.63, 3.8) is 0 Å². The molecule has 36 heavy (non-hydrogen) atoms. The van der Waals surface area contributed by atoms with Crippen LogP contribution in [0, 0.1) is 6.92 Å². The Bertz CT molecular complexity index is 1460. The van der Waals surface area contributed by atoms with Gasteiger partial charge in [-0.15, -0.1) is 10.2 Å². The van der Waals surface area contributed by atoms with Crippen molar-refractivity contribution in [3.8, 4) is 22.6 Å². The monoisotopic (exact) mass is 499 g/mol. The van der Waals surface area contributed by atoms with E-state index in [1.165, 1.54) is 0 Å². The van der Waals surface area contributed by atoms with Crippen molar-refractivity contribution in [2.24, 2.45) is 4.99 Å². The third-order valence-electron chi connectivity index (χ3n) is 6.20. The fourth-order valence-corrected chi connectivity index (χ4v) is 4.62. The van der Waals surface area contributed by atoms with E-state index in [0.717, 1.165) is 45.2 Å². The van der Waals surface area contributed by atoms with E-state index >= 15 is 0 Å². The second kappa shape index (κ2) is 9.95. The Balaban J connectivity index is 1.74. The summed E-state index contributed by atoms with van der Waals surface area (Å²) >= 11 is 6.20. The molecule has 1 amide bonds. The fourth-order valence-electron chi connectivity index (χ4n) is 4.50. The van der Waals surface area contributed by atoms with Crippen molar-refractivity contribution in [3.05, 3.63) is 94.5 Å². The molecular formula is C28H26ClN5O2. The lowest BCUT2D eigenvalue weighted by molar-refractivity contribution is -0.121. The molecule has 0 fully saturated rings. The summed E-state index contributed by atoms with van der Waals surface area (Å²) in [5, 5.41) is 12.3. The molecule has 3 aromatic carbocycles. The van der Waals surface area contributed by atoms with Crippen LogP contribution in [-0.2, 0) is 4.79 Å². The number of methoxy groups -OCH3 is 1. The summed E-state index contributed by atoms with van der Waals surface area (Å²) in [6, 6.07) is 21.3. The number of carbonyl (C=O) groups excluding carboxylic acids is 1. The van der Waals surface area contributed by atoms with Gasteiger partial charge in [-0.05, 0) is 61.4 Å². The average molecular weight is 500 g/mol. The Kier molecular flexibility index (Phi) is 6.57. The summed E-state index contributed by atoms with van der Waals surface area (Å²) in [6.45, 7) is 4.36. The van der Waals surface area contributed by atoms with Crippen LogP contribution in [0.25, 0.3) is 16.8 Å². The lowest BCUT2D eigenvalue weighted by Crippen LogP contribution is -2.25. The van der Waals surface area contributed by atoms with E-state index in [1.807, 2.05) is 66.9 Å². The van der Waals surface area contributed by atoms with E-state index in [9.17, 15) is 4.79 Å². The van der Waals surface area contributed by atoms with E-state index in [-0.39, 0.29) is 12.3 Å². The number of aryl methyl sites for hydroxylation is 1. The first kappa shape index (κ1) is 23.8. The number of ether oxygens (including phenoxy) is 1. The molecule has 5 rings (SSSR count). The van der Waals surface area contributed by atoms with Crippen molar-refractivity contribution in [1.82, 2.24) is 20.1 Å². The minimum Gasteiger partial charge on any atom is -0.497 e. The van der Waals surface area contributed by atoms with Crippen LogP contribution in [-0.4, -0.2) is 40.0 Å². The zero-order valence-electron chi connectivity index (χ0n) is 20.3. The van der Waals surface area contributed by atoms with Gasteiger partial charge >= 0.3 is 0 Å². The van der Waals surface area contributed by atoms with Gasteiger partial charge in [0, 0.05) is 22.7 Å². The van der Waals surface area contributed by atoms with Crippen LogP contribution < -0.4 is 10.1 Å². The zero-order valence-corrected chi connectivity index (χ0v) is 21.1. The van der Waals surface area contributed by atoms with Crippen LogP contribution in [0.1, 0.15) is 42.2 Å². The molecule has 0 saturated carbocycles. The molecule has 1 N–H and O–H groups in total. The van der Waals surface area contributed by atoms with Gasteiger partial charge in [-0.1, -0.05) is 41.9 Å². The normalized spacial score (nSPS) is 14.3. The van der Waals surface area contributed by atoms with Gasteiger partial charge in [0.25, 0.3) is 0 Å². The number of aliphatic imine (C=N–C) groups is 1. The number of hydrogen-bond acceptors (Lipinski definition) is 5. The predicted molar refractivity (Wildman–Crippen MR) is 141 cm³/mol. The quantitative estimate of drug-likeness (QED) is 0.389. The molecule has 1 aliphatic heterocycles. The first-order valence-corrected chi connectivity index (χ1v) is 12.2. The Morgan fingerprint density at radius 3 is 2.53 bits per heavy atom. The van der Waals surface area contributed by atoms with Gasteiger partial charge in [-0.2, -0.15) is 0 Å². The number of aromatic nitrogens is 3. The SMILES string of the molecule is CCNC(=O)CC1N=C(c2ccc(Cl)cc2)c2cc(-c3cccc(OC)c3)ccc2-n2c(C)nnc21. The highest BCUT2D eigenvalue weighted by Gasteiger charge is 2.30. The van der Waals surface area contributed by atoms with Crippen molar-refractivity contribution in [1.29, 1.82) is 0 Å². The summed E-state index contributed by atoms with van der Waals surface area (Å²) in [6.07, 6.45) is 0.166. The van der Waals surface area contributed by atoms with Crippen LogP contribution in [0.4, 0.5) is 0 Å². The number of carbonyl (C=O) groups is 1. The number of halogens is 1. The van der Waals surface area contributed by atoms with Crippen molar-refractivity contribution >= 4 is 23.2 Å². The van der Waals surface area contributed by atoms with E-state index in [1.54, 1.807) is 7.11 Å². The molecule has 0 spiro atoms. The lowest BCUT2D eigenvalue weighted by Gasteiger charge is -2.15. The highest BCUT2D eigenvalue weighted by molar-refractivity contribution is 6.30. The molecule has 1 unspecified atom stereocenters. The number of nitrogens with one attached hydrogen (secondary N) is 1. The summed E-state index contributed by atoms with van der Waals surface area (Å²) in [5.41, 5.74) is 5.54. The number of rotatable bonds is 6. The van der Waals surface area contributed by atoms with Crippen LogP contribution in [0.3, 0.4) is 0 Å². The molecule has 0 bridgehead atoms. The molecular weight excluding hydrogens is 474 g/mol. The standard InChI is InChI=1S/C28H26ClN5O2/c1-4-30-26(35)16-24-28-33-32-17(2)34(28)25-13-10-20(19-6-5-7-22(14-19)36-3)15-23(25)27(31-24)18-8-11-21(29)12-9-18/h5-15,24H,4,16H2,1-3H3,(H,30,35). The van der Waals surface area contributed by atoms with E-state index < -0.39 is 6.04 Å². The van der Waals surface area contributed by atoms with Crippen LogP contribution >= 0.6 is 11.6 Å². The predicted octanol–water partition coefficient (Wildman–Crippen LogP) is 5.32.